The molecule has 1 heterocycles. The van der Waals surface area contributed by atoms with Crippen molar-refractivity contribution in [3.63, 3.8) is 0 Å². The number of hydrogen-bond acceptors (Lipinski definition) is 2. The maximum Gasteiger partial charge on any atom is 0.226 e. The molecule has 0 aromatic heterocycles. The van der Waals surface area contributed by atoms with Crippen LogP contribution in [0.4, 0.5) is 0 Å². The Bertz CT molecular complexity index is 516. The molecule has 2 N–H and O–H groups in total. The van der Waals surface area contributed by atoms with Gasteiger partial charge in [0.05, 0.1) is 0 Å². The van der Waals surface area contributed by atoms with Crippen LogP contribution in [0, 0.1) is 17.8 Å². The van der Waals surface area contributed by atoms with Gasteiger partial charge < -0.3 is 10.6 Å². The van der Waals surface area contributed by atoms with E-state index in [1.807, 2.05) is 12.1 Å². The van der Waals surface area contributed by atoms with Gasteiger partial charge in [-0.05, 0) is 61.8 Å². The van der Waals surface area contributed by atoms with E-state index in [0.29, 0.717) is 17.7 Å². The Morgan fingerprint density at radius 1 is 1.33 bits per heavy atom. The van der Waals surface area contributed by atoms with Crippen LogP contribution < -0.4 is 5.73 Å². The Balaban J connectivity index is 0.00000288. The summed E-state index contributed by atoms with van der Waals surface area (Å²) in [6.07, 6.45) is 3.87. The molecule has 136 valence electrons. The molecule has 0 spiro atoms. The average Bonchev–Trinajstić information content (AvgIpc) is 2.53. The number of carbonyl (C=O) groups is 1. The molecule has 1 amide bonds. The number of nitrogens with zero attached hydrogens (tertiary/aromatic N) is 1. The lowest BCUT2D eigenvalue weighted by Crippen LogP contribution is -2.43. The summed E-state index contributed by atoms with van der Waals surface area (Å²) >= 11 is 3.52. The van der Waals surface area contributed by atoms with Crippen LogP contribution in [0.2, 0.25) is 0 Å². The second-order valence-electron chi connectivity index (χ2n) is 7.16. The van der Waals surface area contributed by atoms with E-state index in [1.54, 1.807) is 0 Å². The molecule has 0 radical (unpaired) electrons. The molecule has 1 saturated heterocycles. The highest BCUT2D eigenvalue weighted by Gasteiger charge is 2.28. The van der Waals surface area contributed by atoms with Gasteiger partial charge >= 0.3 is 0 Å². The lowest BCUT2D eigenvalue weighted by molar-refractivity contribution is -0.137. The van der Waals surface area contributed by atoms with E-state index < -0.39 is 0 Å². The second kappa shape index (κ2) is 10.4. The van der Waals surface area contributed by atoms with Crippen LogP contribution in [0.3, 0.4) is 0 Å². The zero-order valence-corrected chi connectivity index (χ0v) is 17.1. The number of carbonyl (C=O) groups excluding carboxylic acids is 1. The van der Waals surface area contributed by atoms with Gasteiger partial charge in [0.1, 0.15) is 0 Å². The first-order chi connectivity index (χ1) is 11.0. The normalized spacial score (nSPS) is 16.8. The van der Waals surface area contributed by atoms with Crippen molar-refractivity contribution in [2.45, 2.75) is 39.5 Å². The SMILES string of the molecule is CC(C)CC(Cc1cccc(Br)c1)C(=O)N1CCC(CN)CC1.Cl. The van der Waals surface area contributed by atoms with Gasteiger partial charge in [-0.15, -0.1) is 12.4 Å². The predicted octanol–water partition coefficient (Wildman–Crippen LogP) is 4.27. The largest absolute Gasteiger partial charge is 0.342 e. The number of halogens is 2. The highest BCUT2D eigenvalue weighted by molar-refractivity contribution is 9.10. The summed E-state index contributed by atoms with van der Waals surface area (Å²) in [7, 11) is 0. The number of likely N-dealkylation sites (tertiary alicyclic amines) is 1. The third kappa shape index (κ3) is 6.38. The van der Waals surface area contributed by atoms with Crippen molar-refractivity contribution >= 4 is 34.2 Å². The fraction of sp³-hybridized carbons (Fsp3) is 0.632. The summed E-state index contributed by atoms with van der Waals surface area (Å²) in [6, 6.07) is 8.32. The molecular formula is C19H30BrClN2O. The number of benzene rings is 1. The molecule has 1 aromatic rings. The summed E-state index contributed by atoms with van der Waals surface area (Å²) in [6.45, 7) is 6.88. The summed E-state index contributed by atoms with van der Waals surface area (Å²) in [5, 5.41) is 0. The van der Waals surface area contributed by atoms with E-state index in [-0.39, 0.29) is 18.3 Å². The number of rotatable bonds is 6. The summed E-state index contributed by atoms with van der Waals surface area (Å²) < 4.78 is 1.08. The summed E-state index contributed by atoms with van der Waals surface area (Å²) in [5.41, 5.74) is 6.99. The van der Waals surface area contributed by atoms with Crippen LogP contribution in [0.5, 0.6) is 0 Å². The lowest BCUT2D eigenvalue weighted by atomic mass is 9.88. The molecule has 2 rings (SSSR count). The molecule has 0 aliphatic carbocycles. The molecular weight excluding hydrogens is 388 g/mol. The molecule has 24 heavy (non-hydrogen) atoms. The third-order valence-electron chi connectivity index (χ3n) is 4.74. The van der Waals surface area contributed by atoms with E-state index in [4.69, 9.17) is 5.73 Å². The lowest BCUT2D eigenvalue weighted by Gasteiger charge is -2.34. The first kappa shape index (κ1) is 21.5. The van der Waals surface area contributed by atoms with Crippen LogP contribution in [0.25, 0.3) is 0 Å². The average molecular weight is 418 g/mol. The fourth-order valence-corrected chi connectivity index (χ4v) is 3.88. The molecule has 1 unspecified atom stereocenters. The van der Waals surface area contributed by atoms with Crippen molar-refractivity contribution in [1.29, 1.82) is 0 Å². The van der Waals surface area contributed by atoms with E-state index in [9.17, 15) is 4.79 Å². The van der Waals surface area contributed by atoms with Crippen molar-refractivity contribution in [1.82, 2.24) is 4.90 Å². The maximum absolute atomic E-state index is 13.0. The minimum absolute atomic E-state index is 0. The van der Waals surface area contributed by atoms with Gasteiger partial charge in [-0.25, -0.2) is 0 Å². The number of nitrogens with two attached hydrogens (primary N) is 1. The molecule has 1 aliphatic heterocycles. The molecule has 1 fully saturated rings. The van der Waals surface area contributed by atoms with E-state index in [0.717, 1.165) is 49.8 Å². The highest BCUT2D eigenvalue weighted by Crippen LogP contribution is 2.24. The smallest absolute Gasteiger partial charge is 0.226 e. The van der Waals surface area contributed by atoms with Crippen LogP contribution in [0.15, 0.2) is 28.7 Å². The standard InChI is InChI=1S/C19H29BrN2O.ClH/c1-14(2)10-17(11-16-4-3-5-18(20)12-16)19(23)22-8-6-15(13-21)7-9-22;/h3-5,12,14-15,17H,6-11,13,21H2,1-2H3;1H. The molecule has 5 heteroatoms. The van der Waals surface area contributed by atoms with Crippen molar-refractivity contribution in [3.05, 3.63) is 34.3 Å². The molecule has 3 nitrogen and oxygen atoms in total. The highest BCUT2D eigenvalue weighted by atomic mass is 79.9. The molecule has 1 atom stereocenters. The first-order valence-electron chi connectivity index (χ1n) is 8.73. The van der Waals surface area contributed by atoms with Crippen LogP contribution in [-0.2, 0) is 11.2 Å². The van der Waals surface area contributed by atoms with Crippen LogP contribution >= 0.6 is 28.3 Å². The third-order valence-corrected chi connectivity index (χ3v) is 5.23. The van der Waals surface area contributed by atoms with Gasteiger partial charge in [-0.2, -0.15) is 0 Å². The van der Waals surface area contributed by atoms with Crippen molar-refractivity contribution in [2.24, 2.45) is 23.5 Å². The van der Waals surface area contributed by atoms with Crippen molar-refractivity contribution in [3.8, 4) is 0 Å². The minimum atomic E-state index is 0. The quantitative estimate of drug-likeness (QED) is 0.751. The number of amides is 1. The zero-order chi connectivity index (χ0) is 16.8. The Morgan fingerprint density at radius 3 is 2.54 bits per heavy atom. The molecule has 1 aliphatic rings. The van der Waals surface area contributed by atoms with Gasteiger partial charge in [-0.3, -0.25) is 4.79 Å². The topological polar surface area (TPSA) is 46.3 Å². The zero-order valence-electron chi connectivity index (χ0n) is 14.7. The minimum Gasteiger partial charge on any atom is -0.342 e. The predicted molar refractivity (Wildman–Crippen MR) is 106 cm³/mol. The Kier molecular flexibility index (Phi) is 9.32. The van der Waals surface area contributed by atoms with Gasteiger partial charge in [-0.1, -0.05) is 41.9 Å². The summed E-state index contributed by atoms with van der Waals surface area (Å²) in [5.74, 6) is 1.53. The molecule has 1 aromatic carbocycles. The van der Waals surface area contributed by atoms with Gasteiger partial charge in [0.15, 0.2) is 0 Å². The summed E-state index contributed by atoms with van der Waals surface area (Å²) in [4.78, 5) is 15.1. The van der Waals surface area contributed by atoms with Gasteiger partial charge in [0.25, 0.3) is 0 Å². The van der Waals surface area contributed by atoms with Crippen molar-refractivity contribution < 1.29 is 4.79 Å². The van der Waals surface area contributed by atoms with E-state index >= 15 is 0 Å². The van der Waals surface area contributed by atoms with Crippen LogP contribution in [0.1, 0.15) is 38.7 Å². The molecule has 0 bridgehead atoms. The Hall–Kier alpha value is -0.580. The maximum atomic E-state index is 13.0. The van der Waals surface area contributed by atoms with Gasteiger partial charge in [0, 0.05) is 23.5 Å². The van der Waals surface area contributed by atoms with E-state index in [1.165, 1.54) is 5.56 Å². The molecule has 0 saturated carbocycles. The first-order valence-corrected chi connectivity index (χ1v) is 9.52. The Morgan fingerprint density at radius 2 is 2.00 bits per heavy atom. The fourth-order valence-electron chi connectivity index (χ4n) is 3.44. The monoisotopic (exact) mass is 416 g/mol. The van der Waals surface area contributed by atoms with E-state index in [2.05, 4.69) is 46.8 Å². The number of piperidine rings is 1. The van der Waals surface area contributed by atoms with Crippen molar-refractivity contribution in [2.75, 3.05) is 19.6 Å². The Labute approximate surface area is 160 Å². The number of hydrogen-bond donors (Lipinski definition) is 1. The second-order valence-corrected chi connectivity index (χ2v) is 8.08. The van der Waals surface area contributed by atoms with Crippen LogP contribution in [-0.4, -0.2) is 30.4 Å². The van der Waals surface area contributed by atoms with Gasteiger partial charge in [0.2, 0.25) is 5.91 Å².